The first-order valence-electron chi connectivity index (χ1n) is 4.70. The average molecular weight is 220 g/mol. The number of aromatic amines is 2. The summed E-state index contributed by atoms with van der Waals surface area (Å²) in [6.45, 7) is 0. The van der Waals surface area contributed by atoms with Crippen molar-refractivity contribution in [2.45, 2.75) is 12.5 Å². The van der Waals surface area contributed by atoms with Crippen molar-refractivity contribution in [3.63, 3.8) is 0 Å². The van der Waals surface area contributed by atoms with Crippen LogP contribution in [0.25, 0.3) is 11.3 Å². The minimum Gasteiger partial charge on any atom is -0.477 e. The van der Waals surface area contributed by atoms with E-state index in [2.05, 4.69) is 20.4 Å². The Balaban J connectivity index is 2.27. The maximum absolute atomic E-state index is 10.9. The van der Waals surface area contributed by atoms with Gasteiger partial charge in [0.1, 0.15) is 11.4 Å². The van der Waals surface area contributed by atoms with E-state index in [0.717, 1.165) is 11.3 Å². The van der Waals surface area contributed by atoms with E-state index in [1.165, 1.54) is 0 Å². The molecule has 0 fully saturated rings. The van der Waals surface area contributed by atoms with E-state index in [4.69, 9.17) is 5.11 Å². The zero-order chi connectivity index (χ0) is 11.3. The molecule has 4 N–H and O–H groups in total. The van der Waals surface area contributed by atoms with Crippen LogP contribution in [0, 0.1) is 0 Å². The summed E-state index contributed by atoms with van der Waals surface area (Å²) in [5, 5.41) is 31.8. The van der Waals surface area contributed by atoms with Gasteiger partial charge in [-0.1, -0.05) is 0 Å². The van der Waals surface area contributed by atoms with Crippen molar-refractivity contribution in [2.24, 2.45) is 0 Å². The summed E-state index contributed by atoms with van der Waals surface area (Å²) in [7, 11) is 0. The van der Waals surface area contributed by atoms with Gasteiger partial charge in [-0.25, -0.2) is 4.79 Å². The van der Waals surface area contributed by atoms with Gasteiger partial charge in [-0.05, 0) is 0 Å². The summed E-state index contributed by atoms with van der Waals surface area (Å²) in [6, 6.07) is 0. The van der Waals surface area contributed by atoms with Crippen LogP contribution in [0.3, 0.4) is 0 Å². The van der Waals surface area contributed by atoms with Crippen molar-refractivity contribution < 1.29 is 15.0 Å². The quantitative estimate of drug-likeness (QED) is 0.543. The summed E-state index contributed by atoms with van der Waals surface area (Å²) >= 11 is 0. The lowest BCUT2D eigenvalue weighted by Gasteiger charge is -2.16. The maximum Gasteiger partial charge on any atom is 0.354 e. The van der Waals surface area contributed by atoms with Gasteiger partial charge in [-0.2, -0.15) is 10.2 Å². The fraction of sp³-hybridized carbons (Fsp3) is 0.222. The highest BCUT2D eigenvalue weighted by atomic mass is 16.4. The Morgan fingerprint density at radius 1 is 1.50 bits per heavy atom. The number of nitrogens with one attached hydrogen (secondary N) is 2. The molecule has 0 amide bonds. The second-order valence-corrected chi connectivity index (χ2v) is 3.65. The van der Waals surface area contributed by atoms with Crippen molar-refractivity contribution in [3.8, 4) is 11.3 Å². The monoisotopic (exact) mass is 220 g/mol. The fourth-order valence-corrected chi connectivity index (χ4v) is 2.01. The van der Waals surface area contributed by atoms with Gasteiger partial charge in [0.25, 0.3) is 0 Å². The largest absolute Gasteiger partial charge is 0.477 e. The van der Waals surface area contributed by atoms with E-state index in [9.17, 15) is 9.90 Å². The molecule has 0 aromatic carbocycles. The number of rotatable bonds is 1. The number of aromatic nitrogens is 4. The summed E-state index contributed by atoms with van der Waals surface area (Å²) in [5.41, 5.74) is 2.24. The van der Waals surface area contributed by atoms with Crippen LogP contribution in [0.4, 0.5) is 0 Å². The van der Waals surface area contributed by atoms with Crippen LogP contribution in [0.2, 0.25) is 0 Å². The number of nitrogens with zero attached hydrogens (tertiary/aromatic N) is 2. The molecule has 1 atom stereocenters. The molecule has 0 aliphatic heterocycles. The highest BCUT2D eigenvalue weighted by Gasteiger charge is 2.32. The molecule has 16 heavy (non-hydrogen) atoms. The second kappa shape index (κ2) is 2.92. The lowest BCUT2D eigenvalue weighted by molar-refractivity contribution is 0.0682. The van der Waals surface area contributed by atoms with E-state index in [0.29, 0.717) is 17.7 Å². The topological polar surface area (TPSA) is 115 Å². The number of fused-ring (bicyclic) bond motifs is 3. The minimum atomic E-state index is -1.13. The van der Waals surface area contributed by atoms with Crippen LogP contribution in [0.5, 0.6) is 0 Å². The fourth-order valence-electron chi connectivity index (χ4n) is 2.01. The number of aliphatic hydroxyl groups is 1. The Hall–Kier alpha value is -2.15. The molecule has 2 aromatic heterocycles. The summed E-state index contributed by atoms with van der Waals surface area (Å²) < 4.78 is 0. The molecular weight excluding hydrogens is 212 g/mol. The molecule has 0 bridgehead atoms. The Bertz CT molecular complexity index is 571. The molecule has 2 heterocycles. The number of carboxylic acid groups (broad SMARTS) is 1. The summed E-state index contributed by atoms with van der Waals surface area (Å²) in [5.74, 6) is -1.13. The lowest BCUT2D eigenvalue weighted by atomic mass is 9.92. The molecule has 1 unspecified atom stereocenters. The van der Waals surface area contributed by atoms with Crippen LogP contribution in [0.15, 0.2) is 6.20 Å². The Morgan fingerprint density at radius 3 is 3.06 bits per heavy atom. The number of H-pyrrole nitrogens is 2. The molecular formula is C9H8N4O3. The van der Waals surface area contributed by atoms with Gasteiger partial charge < -0.3 is 10.2 Å². The molecule has 7 heteroatoms. The van der Waals surface area contributed by atoms with E-state index in [1.54, 1.807) is 6.20 Å². The van der Waals surface area contributed by atoms with E-state index in [1.807, 2.05) is 0 Å². The number of aliphatic hydroxyl groups excluding tert-OH is 1. The maximum atomic E-state index is 10.9. The first-order chi connectivity index (χ1) is 7.68. The molecule has 2 aromatic rings. The first kappa shape index (κ1) is 9.10. The third kappa shape index (κ3) is 1.03. The zero-order valence-electron chi connectivity index (χ0n) is 8.06. The van der Waals surface area contributed by atoms with Crippen molar-refractivity contribution >= 4 is 5.97 Å². The van der Waals surface area contributed by atoms with Crippen LogP contribution in [0.1, 0.15) is 27.8 Å². The van der Waals surface area contributed by atoms with Gasteiger partial charge in [-0.3, -0.25) is 10.2 Å². The van der Waals surface area contributed by atoms with Gasteiger partial charge >= 0.3 is 5.97 Å². The number of aromatic carboxylic acids is 1. The third-order valence-corrected chi connectivity index (χ3v) is 2.72. The van der Waals surface area contributed by atoms with Gasteiger partial charge in [-0.15, -0.1) is 0 Å². The van der Waals surface area contributed by atoms with Gasteiger partial charge in [0, 0.05) is 23.2 Å². The van der Waals surface area contributed by atoms with Crippen LogP contribution < -0.4 is 0 Å². The molecule has 82 valence electrons. The van der Waals surface area contributed by atoms with Gasteiger partial charge in [0.2, 0.25) is 0 Å². The summed E-state index contributed by atoms with van der Waals surface area (Å²) in [4.78, 5) is 10.9. The molecule has 0 radical (unpaired) electrons. The smallest absolute Gasteiger partial charge is 0.354 e. The van der Waals surface area contributed by atoms with Crippen LogP contribution in [-0.2, 0) is 6.42 Å². The standard InChI is InChI=1S/C9H8N4O3/c14-5-1-4-3(2-10-11-4)7-6(5)8(9(15)16)13-12-7/h2,5,14H,1H2,(H,10,11)(H,12,13)(H,15,16). The van der Waals surface area contributed by atoms with E-state index < -0.39 is 12.1 Å². The molecule has 0 spiro atoms. The average Bonchev–Trinajstić information content (AvgIpc) is 2.80. The van der Waals surface area contributed by atoms with E-state index in [-0.39, 0.29) is 5.69 Å². The van der Waals surface area contributed by atoms with E-state index >= 15 is 0 Å². The third-order valence-electron chi connectivity index (χ3n) is 2.72. The zero-order valence-corrected chi connectivity index (χ0v) is 8.06. The summed E-state index contributed by atoms with van der Waals surface area (Å²) in [6.07, 6.45) is 1.03. The molecule has 1 aliphatic carbocycles. The molecule has 3 rings (SSSR count). The van der Waals surface area contributed by atoms with Crippen LogP contribution in [-0.4, -0.2) is 36.6 Å². The highest BCUT2D eigenvalue weighted by Crippen LogP contribution is 2.37. The van der Waals surface area contributed by atoms with Crippen molar-refractivity contribution in [2.75, 3.05) is 0 Å². The Labute approximate surface area is 89.1 Å². The number of carbonyl (C=O) groups is 1. The number of hydrogen-bond donors (Lipinski definition) is 4. The van der Waals surface area contributed by atoms with Gasteiger partial charge in [0.15, 0.2) is 0 Å². The SMILES string of the molecule is O=C(O)c1[nH]nc2c1C(O)Cc1[nH]ncc1-2. The Kier molecular flexibility index (Phi) is 1.66. The molecule has 0 saturated heterocycles. The van der Waals surface area contributed by atoms with Crippen LogP contribution >= 0.6 is 0 Å². The minimum absolute atomic E-state index is 0.0608. The molecule has 1 aliphatic rings. The predicted octanol–water partition coefficient (Wildman–Crippen LogP) is 0.0875. The lowest BCUT2D eigenvalue weighted by Crippen LogP contribution is -2.13. The first-order valence-corrected chi connectivity index (χ1v) is 4.70. The molecule has 0 saturated carbocycles. The second-order valence-electron chi connectivity index (χ2n) is 3.65. The van der Waals surface area contributed by atoms with Crippen molar-refractivity contribution in [3.05, 3.63) is 23.1 Å². The highest BCUT2D eigenvalue weighted by molar-refractivity contribution is 5.90. The normalized spacial score (nSPS) is 17.9. The Morgan fingerprint density at radius 2 is 2.31 bits per heavy atom. The number of hydrogen-bond acceptors (Lipinski definition) is 4. The molecule has 7 nitrogen and oxygen atoms in total. The number of carboxylic acids is 1. The van der Waals surface area contributed by atoms with Crippen molar-refractivity contribution in [1.82, 2.24) is 20.4 Å². The van der Waals surface area contributed by atoms with Crippen molar-refractivity contribution in [1.29, 1.82) is 0 Å². The van der Waals surface area contributed by atoms with Gasteiger partial charge in [0.05, 0.1) is 12.3 Å². The predicted molar refractivity (Wildman–Crippen MR) is 51.8 cm³/mol.